The van der Waals surface area contributed by atoms with Gasteiger partial charge in [-0.2, -0.15) is 0 Å². The molecule has 6 heteroatoms. The van der Waals surface area contributed by atoms with Crippen LogP contribution >= 0.6 is 0 Å². The van der Waals surface area contributed by atoms with Crippen LogP contribution in [0.2, 0.25) is 0 Å². The molecule has 0 aromatic heterocycles. The predicted molar refractivity (Wildman–Crippen MR) is 73.2 cm³/mol. The molecule has 0 spiro atoms. The topological polar surface area (TPSA) is 80.0 Å². The molecule has 20 heavy (non-hydrogen) atoms. The summed E-state index contributed by atoms with van der Waals surface area (Å²) in [5, 5.41) is 0. The lowest BCUT2D eigenvalue weighted by Crippen LogP contribution is -2.15. The van der Waals surface area contributed by atoms with Crippen LogP contribution < -0.4 is 15.2 Å². The Labute approximate surface area is 117 Å². The molecule has 0 aliphatic carbocycles. The van der Waals surface area contributed by atoms with Gasteiger partial charge in [0.2, 0.25) is 0 Å². The van der Waals surface area contributed by atoms with Crippen molar-refractivity contribution in [1.29, 1.82) is 0 Å². The Morgan fingerprint density at radius 2 is 2.05 bits per heavy atom. The van der Waals surface area contributed by atoms with Crippen molar-refractivity contribution in [3.8, 4) is 11.5 Å². The second-order valence-electron chi connectivity index (χ2n) is 4.62. The van der Waals surface area contributed by atoms with Crippen LogP contribution in [0.4, 0.5) is 5.69 Å². The Morgan fingerprint density at radius 1 is 1.35 bits per heavy atom. The van der Waals surface area contributed by atoms with Gasteiger partial charge in [0.1, 0.15) is 0 Å². The maximum atomic E-state index is 12.1. The lowest BCUT2D eigenvalue weighted by molar-refractivity contribution is 0.0429. The first-order valence-electron chi connectivity index (χ1n) is 6.42. The highest BCUT2D eigenvalue weighted by Crippen LogP contribution is 2.32. The van der Waals surface area contributed by atoms with E-state index >= 15 is 0 Å². The van der Waals surface area contributed by atoms with E-state index in [-0.39, 0.29) is 11.5 Å². The van der Waals surface area contributed by atoms with Crippen molar-refractivity contribution < 1.29 is 23.7 Å². The van der Waals surface area contributed by atoms with Gasteiger partial charge in [-0.25, -0.2) is 4.79 Å². The number of benzene rings is 1. The van der Waals surface area contributed by atoms with Gasteiger partial charge in [-0.1, -0.05) is 0 Å². The standard InChI is InChI=1S/C14H19NO5/c1-17-12-5-10(11(15)6-13(12)18-2)14(16)20-8-9-3-4-19-7-9/h5-6,9H,3-4,7-8,15H2,1-2H3. The van der Waals surface area contributed by atoms with E-state index in [1.807, 2.05) is 0 Å². The van der Waals surface area contributed by atoms with E-state index in [9.17, 15) is 4.79 Å². The summed E-state index contributed by atoms with van der Waals surface area (Å²) < 4.78 is 20.8. The van der Waals surface area contributed by atoms with Crippen LogP contribution in [-0.2, 0) is 9.47 Å². The van der Waals surface area contributed by atoms with Crippen molar-refractivity contribution in [2.45, 2.75) is 6.42 Å². The number of carbonyl (C=O) groups excluding carboxylic acids is 1. The van der Waals surface area contributed by atoms with Gasteiger partial charge >= 0.3 is 5.97 Å². The number of hydrogen-bond donors (Lipinski definition) is 1. The van der Waals surface area contributed by atoms with E-state index in [0.29, 0.717) is 30.4 Å². The first-order valence-corrected chi connectivity index (χ1v) is 6.42. The summed E-state index contributed by atoms with van der Waals surface area (Å²) in [5.74, 6) is 0.722. The van der Waals surface area contributed by atoms with Crippen molar-refractivity contribution in [1.82, 2.24) is 0 Å². The normalized spacial score (nSPS) is 17.8. The quantitative estimate of drug-likeness (QED) is 0.650. The third-order valence-corrected chi connectivity index (χ3v) is 3.25. The van der Waals surface area contributed by atoms with Crippen molar-refractivity contribution in [3.63, 3.8) is 0 Å². The molecule has 6 nitrogen and oxygen atoms in total. The van der Waals surface area contributed by atoms with Crippen LogP contribution in [0.15, 0.2) is 12.1 Å². The van der Waals surface area contributed by atoms with Gasteiger partial charge < -0.3 is 24.7 Å². The molecule has 0 saturated carbocycles. The number of esters is 1. The number of nitrogen functional groups attached to an aromatic ring is 1. The maximum Gasteiger partial charge on any atom is 0.340 e. The maximum absolute atomic E-state index is 12.1. The molecular weight excluding hydrogens is 262 g/mol. The van der Waals surface area contributed by atoms with Crippen LogP contribution in [0.1, 0.15) is 16.8 Å². The van der Waals surface area contributed by atoms with Crippen molar-refractivity contribution >= 4 is 11.7 Å². The Hall–Kier alpha value is -1.95. The van der Waals surface area contributed by atoms with Crippen LogP contribution in [0.3, 0.4) is 0 Å². The summed E-state index contributed by atoms with van der Waals surface area (Å²) in [6.45, 7) is 1.70. The second kappa shape index (κ2) is 6.47. The minimum atomic E-state index is -0.463. The molecule has 1 unspecified atom stereocenters. The molecular formula is C14H19NO5. The second-order valence-corrected chi connectivity index (χ2v) is 4.62. The van der Waals surface area contributed by atoms with E-state index in [0.717, 1.165) is 13.0 Å². The van der Waals surface area contributed by atoms with Gasteiger partial charge in [0, 0.05) is 24.7 Å². The van der Waals surface area contributed by atoms with Crippen LogP contribution in [0, 0.1) is 5.92 Å². The molecule has 1 heterocycles. The van der Waals surface area contributed by atoms with Crippen molar-refractivity contribution in [2.75, 3.05) is 39.8 Å². The summed E-state index contributed by atoms with van der Waals surface area (Å²) >= 11 is 0. The summed E-state index contributed by atoms with van der Waals surface area (Å²) in [7, 11) is 3.01. The minimum absolute atomic E-state index is 0.264. The molecule has 2 rings (SSSR count). The number of anilines is 1. The largest absolute Gasteiger partial charge is 0.493 e. The molecule has 1 saturated heterocycles. The molecule has 1 aliphatic heterocycles. The number of methoxy groups -OCH3 is 2. The lowest BCUT2D eigenvalue weighted by Gasteiger charge is -2.13. The number of ether oxygens (including phenoxy) is 4. The van der Waals surface area contributed by atoms with E-state index in [4.69, 9.17) is 24.7 Å². The minimum Gasteiger partial charge on any atom is -0.493 e. The fraction of sp³-hybridized carbons (Fsp3) is 0.500. The molecule has 0 amide bonds. The first-order chi connectivity index (χ1) is 9.65. The van der Waals surface area contributed by atoms with E-state index in [1.165, 1.54) is 20.3 Å². The lowest BCUT2D eigenvalue weighted by atomic mass is 10.1. The van der Waals surface area contributed by atoms with E-state index in [1.54, 1.807) is 6.07 Å². The van der Waals surface area contributed by atoms with Gasteiger partial charge in [0.15, 0.2) is 11.5 Å². The predicted octanol–water partition coefficient (Wildman–Crippen LogP) is 1.48. The smallest absolute Gasteiger partial charge is 0.340 e. The molecule has 1 atom stereocenters. The van der Waals surface area contributed by atoms with Gasteiger partial charge in [-0.15, -0.1) is 0 Å². The highest BCUT2D eigenvalue weighted by atomic mass is 16.5. The third kappa shape index (κ3) is 3.14. The van der Waals surface area contributed by atoms with Gasteiger partial charge in [-0.3, -0.25) is 0 Å². The summed E-state index contributed by atoms with van der Waals surface area (Å²) in [6.07, 6.45) is 0.911. The molecule has 0 radical (unpaired) electrons. The highest BCUT2D eigenvalue weighted by Gasteiger charge is 2.20. The molecule has 0 bridgehead atoms. The number of hydrogen-bond acceptors (Lipinski definition) is 6. The molecule has 1 aromatic carbocycles. The number of nitrogens with two attached hydrogens (primary N) is 1. The summed E-state index contributed by atoms with van der Waals surface area (Å²) in [5.41, 5.74) is 6.42. The zero-order valence-corrected chi connectivity index (χ0v) is 11.7. The van der Waals surface area contributed by atoms with Gasteiger partial charge in [-0.05, 0) is 6.42 Å². The molecule has 2 N–H and O–H groups in total. The fourth-order valence-electron chi connectivity index (χ4n) is 2.06. The zero-order chi connectivity index (χ0) is 14.5. The Balaban J connectivity index is 2.08. The number of rotatable bonds is 5. The summed E-state index contributed by atoms with van der Waals surface area (Å²) in [4.78, 5) is 12.1. The third-order valence-electron chi connectivity index (χ3n) is 3.25. The number of carbonyl (C=O) groups is 1. The average molecular weight is 281 g/mol. The van der Waals surface area contributed by atoms with Gasteiger partial charge in [0.25, 0.3) is 0 Å². The fourth-order valence-corrected chi connectivity index (χ4v) is 2.06. The van der Waals surface area contributed by atoms with Crippen molar-refractivity contribution in [3.05, 3.63) is 17.7 Å². The molecule has 110 valence electrons. The van der Waals surface area contributed by atoms with E-state index < -0.39 is 5.97 Å². The molecule has 1 aromatic rings. The van der Waals surface area contributed by atoms with Crippen LogP contribution in [0.5, 0.6) is 11.5 Å². The monoisotopic (exact) mass is 281 g/mol. The Bertz CT molecular complexity index is 483. The average Bonchev–Trinajstić information content (AvgIpc) is 2.97. The SMILES string of the molecule is COc1cc(N)c(C(=O)OCC2CCOC2)cc1OC. The molecule has 1 aliphatic rings. The zero-order valence-electron chi connectivity index (χ0n) is 11.7. The first kappa shape index (κ1) is 14.5. The van der Waals surface area contributed by atoms with Crippen molar-refractivity contribution in [2.24, 2.45) is 5.92 Å². The Kier molecular flexibility index (Phi) is 4.68. The van der Waals surface area contributed by atoms with Gasteiger partial charge in [0.05, 0.1) is 38.7 Å². The highest BCUT2D eigenvalue weighted by molar-refractivity contribution is 5.96. The van der Waals surface area contributed by atoms with E-state index in [2.05, 4.69) is 0 Å². The Morgan fingerprint density at radius 3 is 2.65 bits per heavy atom. The summed E-state index contributed by atoms with van der Waals surface area (Å²) in [6, 6.07) is 3.08. The van der Waals surface area contributed by atoms with Crippen LogP contribution in [0.25, 0.3) is 0 Å². The molecule has 1 fully saturated rings. The van der Waals surface area contributed by atoms with Crippen LogP contribution in [-0.4, -0.2) is 40.0 Å².